The summed E-state index contributed by atoms with van der Waals surface area (Å²) >= 11 is 0. The van der Waals surface area contributed by atoms with E-state index in [9.17, 15) is 22.8 Å². The van der Waals surface area contributed by atoms with Crippen LogP contribution in [0.2, 0.25) is 0 Å². The zero-order valence-electron chi connectivity index (χ0n) is 11.1. The topological polar surface area (TPSA) is 95.1 Å². The number of nitrogens with zero attached hydrogens (tertiary/aromatic N) is 5. The van der Waals surface area contributed by atoms with Crippen molar-refractivity contribution in [2.24, 2.45) is 5.92 Å². The molecular formula is C10H13F3N6O2. The van der Waals surface area contributed by atoms with Crippen molar-refractivity contribution in [1.82, 2.24) is 25.5 Å². The van der Waals surface area contributed by atoms with Crippen molar-refractivity contribution in [3.05, 3.63) is 0 Å². The highest BCUT2D eigenvalue weighted by molar-refractivity contribution is 6.07. The summed E-state index contributed by atoms with van der Waals surface area (Å²) in [6, 6.07) is 0. The number of nitrogens with one attached hydrogen (secondary N) is 1. The minimum atomic E-state index is -4.49. The smallest absolute Gasteiger partial charge is 0.333 e. The first-order valence-electron chi connectivity index (χ1n) is 6.16. The van der Waals surface area contributed by atoms with Crippen molar-refractivity contribution in [1.29, 1.82) is 0 Å². The molecule has 0 radical (unpaired) electrons. The number of carbonyl (C=O) groups excluding carboxylic acids is 2. The average Bonchev–Trinajstić information content (AvgIpc) is 2.92. The maximum absolute atomic E-state index is 12.4. The Balaban J connectivity index is 2.08. The zero-order valence-corrected chi connectivity index (χ0v) is 11.1. The number of hydrogen-bond donors (Lipinski definition) is 1. The SMILES string of the molecule is CN(C(=O)C1CCCN(CC(F)(F)F)C1=O)c1nn[nH]n1. The van der Waals surface area contributed by atoms with Gasteiger partial charge in [-0.15, -0.1) is 5.10 Å². The third-order valence-electron chi connectivity index (χ3n) is 3.16. The summed E-state index contributed by atoms with van der Waals surface area (Å²) in [5.74, 6) is -2.66. The van der Waals surface area contributed by atoms with Gasteiger partial charge >= 0.3 is 6.18 Å². The molecule has 2 amide bonds. The first-order valence-corrected chi connectivity index (χ1v) is 6.16. The van der Waals surface area contributed by atoms with E-state index in [1.54, 1.807) is 0 Å². The number of carbonyl (C=O) groups is 2. The molecule has 1 aliphatic heterocycles. The van der Waals surface area contributed by atoms with Crippen LogP contribution in [0.4, 0.5) is 19.1 Å². The second-order valence-electron chi connectivity index (χ2n) is 4.68. The molecule has 1 aliphatic rings. The lowest BCUT2D eigenvalue weighted by Gasteiger charge is -2.33. The minimum absolute atomic E-state index is 0.00590. The molecule has 1 saturated heterocycles. The standard InChI is InChI=1S/C10H13F3N6O2/c1-18(9-14-16-17-15-9)7(20)6-3-2-4-19(8(6)21)5-10(11,12)13/h6H,2-5H2,1H3,(H,14,15,16,17). The Labute approximate surface area is 117 Å². The van der Waals surface area contributed by atoms with Crippen LogP contribution < -0.4 is 4.90 Å². The number of aromatic nitrogens is 4. The number of amides is 2. The van der Waals surface area contributed by atoms with Gasteiger partial charge in [0.2, 0.25) is 11.8 Å². The Kier molecular flexibility index (Phi) is 4.09. The second-order valence-corrected chi connectivity index (χ2v) is 4.68. The van der Waals surface area contributed by atoms with Gasteiger partial charge in [0.25, 0.3) is 5.95 Å². The molecule has 1 aromatic rings. The highest BCUT2D eigenvalue weighted by Crippen LogP contribution is 2.25. The van der Waals surface area contributed by atoms with Gasteiger partial charge in [-0.3, -0.25) is 14.5 Å². The first-order chi connectivity index (χ1) is 9.79. The maximum Gasteiger partial charge on any atom is 0.406 e. The lowest BCUT2D eigenvalue weighted by molar-refractivity contribution is -0.168. The van der Waals surface area contributed by atoms with Crippen LogP contribution in [0.25, 0.3) is 0 Å². The molecule has 2 heterocycles. The summed E-state index contributed by atoms with van der Waals surface area (Å²) in [6.07, 6.45) is -3.95. The van der Waals surface area contributed by atoms with Gasteiger partial charge in [0.1, 0.15) is 12.5 Å². The van der Waals surface area contributed by atoms with E-state index in [2.05, 4.69) is 20.6 Å². The van der Waals surface area contributed by atoms with Gasteiger partial charge in [0, 0.05) is 13.6 Å². The summed E-state index contributed by atoms with van der Waals surface area (Å²) in [4.78, 5) is 25.9. The highest BCUT2D eigenvalue weighted by atomic mass is 19.4. The van der Waals surface area contributed by atoms with Crippen LogP contribution in [0.1, 0.15) is 12.8 Å². The van der Waals surface area contributed by atoms with E-state index in [4.69, 9.17) is 0 Å². The van der Waals surface area contributed by atoms with Crippen molar-refractivity contribution < 1.29 is 22.8 Å². The Morgan fingerprint density at radius 3 is 2.81 bits per heavy atom. The highest BCUT2D eigenvalue weighted by Gasteiger charge is 2.41. The molecule has 11 heteroatoms. The molecule has 0 saturated carbocycles. The van der Waals surface area contributed by atoms with Crippen molar-refractivity contribution in [2.45, 2.75) is 19.0 Å². The predicted molar refractivity (Wildman–Crippen MR) is 62.9 cm³/mol. The number of piperidine rings is 1. The second kappa shape index (κ2) is 5.66. The van der Waals surface area contributed by atoms with Gasteiger partial charge in [-0.25, -0.2) is 0 Å². The van der Waals surface area contributed by atoms with Crippen LogP contribution in [-0.4, -0.2) is 63.7 Å². The molecule has 1 aromatic heterocycles. The number of alkyl halides is 3. The Bertz CT molecular complexity index is 517. The molecule has 0 bridgehead atoms. The van der Waals surface area contributed by atoms with Crippen LogP contribution in [0.15, 0.2) is 0 Å². The Hall–Kier alpha value is -2.20. The number of rotatable bonds is 3. The fourth-order valence-corrected chi connectivity index (χ4v) is 2.17. The number of likely N-dealkylation sites (tertiary alicyclic amines) is 1. The van der Waals surface area contributed by atoms with E-state index in [0.29, 0.717) is 11.3 Å². The van der Waals surface area contributed by atoms with Gasteiger partial charge in [-0.05, 0) is 18.1 Å². The van der Waals surface area contributed by atoms with E-state index in [0.717, 1.165) is 4.90 Å². The normalized spacial score (nSPS) is 19.7. The predicted octanol–water partition coefficient (Wildman–Crippen LogP) is -0.0366. The molecule has 1 atom stereocenters. The average molecular weight is 306 g/mol. The van der Waals surface area contributed by atoms with E-state index < -0.39 is 30.5 Å². The summed E-state index contributed by atoms with van der Waals surface area (Å²) in [6.45, 7) is -1.35. The molecule has 0 aromatic carbocycles. The van der Waals surface area contributed by atoms with Crippen molar-refractivity contribution in [2.75, 3.05) is 25.0 Å². The molecular weight excluding hydrogens is 293 g/mol. The number of tetrazole rings is 1. The molecule has 21 heavy (non-hydrogen) atoms. The van der Waals surface area contributed by atoms with Crippen molar-refractivity contribution in [3.8, 4) is 0 Å². The van der Waals surface area contributed by atoms with Crippen molar-refractivity contribution in [3.63, 3.8) is 0 Å². The van der Waals surface area contributed by atoms with Crippen molar-refractivity contribution >= 4 is 17.8 Å². The zero-order chi connectivity index (χ0) is 15.6. The third kappa shape index (κ3) is 3.47. The fourth-order valence-electron chi connectivity index (χ4n) is 2.17. The van der Waals surface area contributed by atoms with Gasteiger partial charge < -0.3 is 4.90 Å². The van der Waals surface area contributed by atoms with E-state index in [1.165, 1.54) is 7.05 Å². The number of H-pyrrole nitrogens is 1. The van der Waals surface area contributed by atoms with Gasteiger partial charge in [0.05, 0.1) is 0 Å². The fraction of sp³-hybridized carbons (Fsp3) is 0.700. The van der Waals surface area contributed by atoms with Gasteiger partial charge in [-0.2, -0.15) is 18.4 Å². The quantitative estimate of drug-likeness (QED) is 0.791. The van der Waals surface area contributed by atoms with Crippen LogP contribution in [0.5, 0.6) is 0 Å². The monoisotopic (exact) mass is 306 g/mol. The van der Waals surface area contributed by atoms with Crippen LogP contribution in [0, 0.1) is 5.92 Å². The molecule has 0 aliphatic carbocycles. The van der Waals surface area contributed by atoms with Crippen LogP contribution in [0.3, 0.4) is 0 Å². The first kappa shape index (κ1) is 15.2. The summed E-state index contributed by atoms with van der Waals surface area (Å²) < 4.78 is 37.2. The van der Waals surface area contributed by atoms with Crippen LogP contribution >= 0.6 is 0 Å². The number of aromatic amines is 1. The molecule has 1 fully saturated rings. The number of anilines is 1. The Morgan fingerprint density at radius 1 is 1.52 bits per heavy atom. The number of hydrogen-bond acceptors (Lipinski definition) is 5. The molecule has 2 rings (SSSR count). The minimum Gasteiger partial charge on any atom is -0.333 e. The lowest BCUT2D eigenvalue weighted by atomic mass is 9.95. The third-order valence-corrected chi connectivity index (χ3v) is 3.16. The lowest BCUT2D eigenvalue weighted by Crippen LogP contribution is -2.50. The molecule has 1 unspecified atom stereocenters. The number of halogens is 3. The largest absolute Gasteiger partial charge is 0.406 e. The molecule has 8 nitrogen and oxygen atoms in total. The molecule has 1 N–H and O–H groups in total. The van der Waals surface area contributed by atoms with Gasteiger partial charge in [0.15, 0.2) is 0 Å². The Morgan fingerprint density at radius 2 is 2.24 bits per heavy atom. The molecule has 0 spiro atoms. The molecule has 116 valence electrons. The van der Waals surface area contributed by atoms with Crippen LogP contribution in [-0.2, 0) is 9.59 Å². The summed E-state index contributed by atoms with van der Waals surface area (Å²) in [5, 5.41) is 12.6. The maximum atomic E-state index is 12.4. The summed E-state index contributed by atoms with van der Waals surface area (Å²) in [7, 11) is 1.34. The summed E-state index contributed by atoms with van der Waals surface area (Å²) in [5.41, 5.74) is 0. The van der Waals surface area contributed by atoms with E-state index in [1.807, 2.05) is 0 Å². The van der Waals surface area contributed by atoms with Gasteiger partial charge in [-0.1, -0.05) is 5.10 Å². The van der Waals surface area contributed by atoms with E-state index >= 15 is 0 Å². The van der Waals surface area contributed by atoms with E-state index in [-0.39, 0.29) is 18.9 Å².